The van der Waals surface area contributed by atoms with Crippen LogP contribution in [0.4, 0.5) is 13.2 Å². The van der Waals surface area contributed by atoms with Gasteiger partial charge in [0.2, 0.25) is 11.8 Å². The standard InChI is InChI=1S/C14H12N2O2.C2HF3O2/c15-13(17)10-7-4-8-11(14(16)18)12(10)9-5-2-1-3-6-9;3-2(4,5)1(6)7/h1-8H,(H2,15,17)(H2,16,18);(H,6,7). The Morgan fingerprint density at radius 3 is 1.52 bits per heavy atom. The molecule has 9 heteroatoms. The quantitative estimate of drug-likeness (QED) is 0.781. The second-order valence-electron chi connectivity index (χ2n) is 4.63. The molecule has 0 aliphatic carbocycles. The van der Waals surface area contributed by atoms with Crippen molar-refractivity contribution in [2.45, 2.75) is 6.18 Å². The number of hydrogen-bond acceptors (Lipinski definition) is 3. The van der Waals surface area contributed by atoms with Crippen LogP contribution in [-0.4, -0.2) is 29.1 Å². The molecule has 5 N–H and O–H groups in total. The van der Waals surface area contributed by atoms with E-state index in [-0.39, 0.29) is 11.1 Å². The van der Waals surface area contributed by atoms with E-state index < -0.39 is 24.0 Å². The Morgan fingerprint density at radius 1 is 0.800 bits per heavy atom. The van der Waals surface area contributed by atoms with Crippen molar-refractivity contribution in [1.29, 1.82) is 0 Å². The summed E-state index contributed by atoms with van der Waals surface area (Å²) in [4.78, 5) is 31.8. The monoisotopic (exact) mass is 354 g/mol. The second kappa shape index (κ2) is 7.95. The molecule has 25 heavy (non-hydrogen) atoms. The van der Waals surface area contributed by atoms with Crippen molar-refractivity contribution in [1.82, 2.24) is 0 Å². The number of carboxylic acid groups (broad SMARTS) is 1. The third-order valence-corrected chi connectivity index (χ3v) is 2.90. The summed E-state index contributed by atoms with van der Waals surface area (Å²) < 4.78 is 31.7. The fourth-order valence-corrected chi connectivity index (χ4v) is 1.88. The van der Waals surface area contributed by atoms with E-state index in [1.807, 2.05) is 18.2 Å². The van der Waals surface area contributed by atoms with E-state index in [2.05, 4.69) is 0 Å². The van der Waals surface area contributed by atoms with Crippen molar-refractivity contribution < 1.29 is 32.7 Å². The number of benzene rings is 2. The normalized spacial score (nSPS) is 10.4. The predicted octanol–water partition coefficient (Wildman–Crippen LogP) is 2.18. The van der Waals surface area contributed by atoms with E-state index in [9.17, 15) is 22.8 Å². The van der Waals surface area contributed by atoms with Gasteiger partial charge in [0.1, 0.15) is 0 Å². The van der Waals surface area contributed by atoms with Crippen molar-refractivity contribution in [2.24, 2.45) is 11.5 Å². The molecule has 0 spiro atoms. The van der Waals surface area contributed by atoms with E-state index in [1.54, 1.807) is 30.3 Å². The van der Waals surface area contributed by atoms with E-state index in [4.69, 9.17) is 21.4 Å². The Balaban J connectivity index is 0.000000381. The predicted molar refractivity (Wildman–Crippen MR) is 82.6 cm³/mol. The van der Waals surface area contributed by atoms with E-state index in [1.165, 1.54) is 0 Å². The second-order valence-corrected chi connectivity index (χ2v) is 4.63. The number of primary amides is 2. The van der Waals surface area contributed by atoms with Crippen molar-refractivity contribution in [2.75, 3.05) is 0 Å². The molecule has 0 bridgehead atoms. The van der Waals surface area contributed by atoms with Gasteiger partial charge in [-0.2, -0.15) is 13.2 Å². The van der Waals surface area contributed by atoms with Gasteiger partial charge < -0.3 is 16.6 Å². The van der Waals surface area contributed by atoms with Gasteiger partial charge in [0.25, 0.3) is 0 Å². The van der Waals surface area contributed by atoms with Crippen LogP contribution in [0.3, 0.4) is 0 Å². The highest BCUT2D eigenvalue weighted by Crippen LogP contribution is 2.27. The Labute approximate surface area is 139 Å². The maximum absolute atomic E-state index is 11.4. The lowest BCUT2D eigenvalue weighted by Gasteiger charge is -2.11. The summed E-state index contributed by atoms with van der Waals surface area (Å²) in [7, 11) is 0. The van der Waals surface area contributed by atoms with Gasteiger partial charge in [-0.3, -0.25) is 9.59 Å². The molecule has 2 rings (SSSR count). The number of aliphatic carboxylic acids is 1. The SMILES string of the molecule is NC(=O)c1cccc(C(N)=O)c1-c1ccccc1.O=C(O)C(F)(F)F. The Kier molecular flexibility index (Phi) is 6.26. The third-order valence-electron chi connectivity index (χ3n) is 2.90. The highest BCUT2D eigenvalue weighted by Gasteiger charge is 2.38. The van der Waals surface area contributed by atoms with Crippen molar-refractivity contribution in [3.05, 3.63) is 59.7 Å². The van der Waals surface area contributed by atoms with E-state index >= 15 is 0 Å². The molecule has 0 aromatic heterocycles. The first-order chi connectivity index (χ1) is 11.6. The van der Waals surface area contributed by atoms with Gasteiger partial charge in [-0.25, -0.2) is 4.79 Å². The molecule has 0 heterocycles. The Morgan fingerprint density at radius 2 is 1.20 bits per heavy atom. The molecule has 0 fully saturated rings. The van der Waals surface area contributed by atoms with Crippen LogP contribution in [0.15, 0.2) is 48.5 Å². The van der Waals surface area contributed by atoms with Crippen molar-refractivity contribution >= 4 is 17.8 Å². The van der Waals surface area contributed by atoms with Crippen LogP contribution < -0.4 is 11.5 Å². The van der Waals surface area contributed by atoms with Crippen LogP contribution in [0.1, 0.15) is 20.7 Å². The number of rotatable bonds is 3. The lowest BCUT2D eigenvalue weighted by Crippen LogP contribution is -2.21. The molecule has 0 radical (unpaired) electrons. The van der Waals surface area contributed by atoms with Crippen LogP contribution >= 0.6 is 0 Å². The average molecular weight is 354 g/mol. The van der Waals surface area contributed by atoms with Gasteiger partial charge in [-0.15, -0.1) is 0 Å². The molecule has 132 valence electrons. The molecular weight excluding hydrogens is 341 g/mol. The third kappa shape index (κ3) is 5.34. The molecule has 2 amide bonds. The molecule has 0 saturated heterocycles. The number of carbonyl (C=O) groups excluding carboxylic acids is 2. The van der Waals surface area contributed by atoms with E-state index in [0.29, 0.717) is 5.56 Å². The first kappa shape index (κ1) is 19.7. The van der Waals surface area contributed by atoms with Gasteiger partial charge in [0.15, 0.2) is 0 Å². The minimum absolute atomic E-state index is 0.289. The first-order valence-electron chi connectivity index (χ1n) is 6.63. The van der Waals surface area contributed by atoms with Crippen molar-refractivity contribution in [3.63, 3.8) is 0 Å². The largest absolute Gasteiger partial charge is 0.490 e. The van der Waals surface area contributed by atoms with Crippen LogP contribution in [0.25, 0.3) is 11.1 Å². The number of alkyl halides is 3. The van der Waals surface area contributed by atoms with Gasteiger partial charge in [-0.05, 0) is 17.7 Å². The smallest absolute Gasteiger partial charge is 0.475 e. The molecule has 0 aliphatic rings. The highest BCUT2D eigenvalue weighted by molar-refractivity contribution is 6.08. The first-order valence-corrected chi connectivity index (χ1v) is 6.63. The topological polar surface area (TPSA) is 123 Å². The number of hydrogen-bond donors (Lipinski definition) is 3. The summed E-state index contributed by atoms with van der Waals surface area (Å²) in [6.45, 7) is 0. The zero-order valence-corrected chi connectivity index (χ0v) is 12.6. The van der Waals surface area contributed by atoms with Crippen LogP contribution in [-0.2, 0) is 4.79 Å². The molecule has 2 aromatic carbocycles. The summed E-state index contributed by atoms with van der Waals surface area (Å²) in [6.07, 6.45) is -5.08. The van der Waals surface area contributed by atoms with Crippen LogP contribution in [0, 0.1) is 0 Å². The van der Waals surface area contributed by atoms with Gasteiger partial charge in [0, 0.05) is 16.7 Å². The number of amides is 2. The fourth-order valence-electron chi connectivity index (χ4n) is 1.88. The molecule has 0 unspecified atom stereocenters. The van der Waals surface area contributed by atoms with Gasteiger partial charge >= 0.3 is 12.1 Å². The average Bonchev–Trinajstić information content (AvgIpc) is 2.54. The summed E-state index contributed by atoms with van der Waals surface area (Å²) in [5.74, 6) is -3.93. The lowest BCUT2D eigenvalue weighted by molar-refractivity contribution is -0.192. The number of carboxylic acids is 1. The summed E-state index contributed by atoms with van der Waals surface area (Å²) >= 11 is 0. The molecule has 2 aromatic rings. The molecule has 0 aliphatic heterocycles. The molecule has 0 saturated carbocycles. The molecule has 6 nitrogen and oxygen atoms in total. The van der Waals surface area contributed by atoms with Crippen LogP contribution in [0.2, 0.25) is 0 Å². The minimum Gasteiger partial charge on any atom is -0.475 e. The number of nitrogens with two attached hydrogens (primary N) is 2. The van der Waals surface area contributed by atoms with Gasteiger partial charge in [0.05, 0.1) is 0 Å². The van der Waals surface area contributed by atoms with E-state index in [0.717, 1.165) is 5.56 Å². The number of carbonyl (C=O) groups is 3. The Hall–Kier alpha value is -3.36. The maximum Gasteiger partial charge on any atom is 0.490 e. The highest BCUT2D eigenvalue weighted by atomic mass is 19.4. The Bertz CT molecular complexity index is 757. The molecule has 0 atom stereocenters. The maximum atomic E-state index is 11.4. The summed E-state index contributed by atoms with van der Waals surface area (Å²) in [6, 6.07) is 13.8. The molecular formula is C16H13F3N2O4. The summed E-state index contributed by atoms with van der Waals surface area (Å²) in [5, 5.41) is 7.12. The zero-order chi connectivity index (χ0) is 19.2. The minimum atomic E-state index is -5.08. The zero-order valence-electron chi connectivity index (χ0n) is 12.6. The summed E-state index contributed by atoms with van der Waals surface area (Å²) in [5.41, 5.74) is 12.5. The lowest BCUT2D eigenvalue weighted by atomic mass is 9.93. The van der Waals surface area contributed by atoms with Crippen molar-refractivity contribution in [3.8, 4) is 11.1 Å². The number of halogens is 3. The van der Waals surface area contributed by atoms with Crippen LogP contribution in [0.5, 0.6) is 0 Å². The fraction of sp³-hybridized carbons (Fsp3) is 0.0625. The van der Waals surface area contributed by atoms with Gasteiger partial charge in [-0.1, -0.05) is 36.4 Å².